The van der Waals surface area contributed by atoms with Crippen molar-refractivity contribution in [3.63, 3.8) is 0 Å². The molecule has 0 unspecified atom stereocenters. The van der Waals surface area contributed by atoms with Gasteiger partial charge in [-0.25, -0.2) is 0 Å². The van der Waals surface area contributed by atoms with Crippen molar-refractivity contribution >= 4 is 28.5 Å². The second kappa shape index (κ2) is 5.42. The predicted octanol–water partition coefficient (Wildman–Crippen LogP) is 2.07. The van der Waals surface area contributed by atoms with Crippen molar-refractivity contribution in [3.8, 4) is 0 Å². The van der Waals surface area contributed by atoms with Crippen molar-refractivity contribution in [1.29, 1.82) is 0 Å². The molecular formula is C13H13ClN6. The molecule has 7 heteroatoms. The van der Waals surface area contributed by atoms with Crippen LogP contribution < -0.4 is 5.32 Å². The van der Waals surface area contributed by atoms with Gasteiger partial charge in [-0.05, 0) is 29.7 Å². The summed E-state index contributed by atoms with van der Waals surface area (Å²) in [5.41, 5.74) is 1.89. The van der Waals surface area contributed by atoms with E-state index in [9.17, 15) is 0 Å². The van der Waals surface area contributed by atoms with Crippen molar-refractivity contribution in [3.05, 3.63) is 41.6 Å². The summed E-state index contributed by atoms with van der Waals surface area (Å²) in [6, 6.07) is 3.97. The monoisotopic (exact) mass is 288 g/mol. The highest BCUT2D eigenvalue weighted by Crippen LogP contribution is 2.21. The van der Waals surface area contributed by atoms with Gasteiger partial charge < -0.3 is 5.32 Å². The van der Waals surface area contributed by atoms with Crippen LogP contribution >= 0.6 is 11.6 Å². The highest BCUT2D eigenvalue weighted by atomic mass is 35.5. The molecule has 1 N–H and O–H groups in total. The summed E-state index contributed by atoms with van der Waals surface area (Å²) in [6.07, 6.45) is 6.21. The number of rotatable bonds is 4. The van der Waals surface area contributed by atoms with Gasteiger partial charge in [-0.3, -0.25) is 9.67 Å². The van der Waals surface area contributed by atoms with E-state index in [2.05, 4.69) is 25.4 Å². The Kier molecular flexibility index (Phi) is 3.47. The van der Waals surface area contributed by atoms with Gasteiger partial charge >= 0.3 is 0 Å². The summed E-state index contributed by atoms with van der Waals surface area (Å²) >= 11 is 5.94. The molecule has 0 aliphatic heterocycles. The third-order valence-corrected chi connectivity index (χ3v) is 3.16. The molecule has 0 aliphatic carbocycles. The number of hydrogen-bond acceptors (Lipinski definition) is 5. The Morgan fingerprint density at radius 3 is 3.00 bits per heavy atom. The van der Waals surface area contributed by atoms with Gasteiger partial charge in [0.15, 0.2) is 5.65 Å². The van der Waals surface area contributed by atoms with Crippen molar-refractivity contribution < 1.29 is 0 Å². The molecule has 3 rings (SSSR count). The Hall–Kier alpha value is -2.21. The molecular weight excluding hydrogens is 276 g/mol. The highest BCUT2D eigenvalue weighted by molar-refractivity contribution is 6.28. The molecule has 0 radical (unpaired) electrons. The molecule has 0 saturated carbocycles. The summed E-state index contributed by atoms with van der Waals surface area (Å²) in [5, 5.41) is 8.52. The molecule has 0 amide bonds. The number of hydrogen-bond donors (Lipinski definition) is 1. The van der Waals surface area contributed by atoms with E-state index in [1.54, 1.807) is 17.1 Å². The molecule has 0 spiro atoms. The number of halogens is 1. The molecule has 3 aromatic heterocycles. The van der Waals surface area contributed by atoms with Crippen LogP contribution in [0.2, 0.25) is 5.28 Å². The predicted molar refractivity (Wildman–Crippen MR) is 77.7 cm³/mol. The number of fused-ring (bicyclic) bond motifs is 1. The molecule has 0 aliphatic rings. The maximum Gasteiger partial charge on any atom is 0.226 e. The van der Waals surface area contributed by atoms with Gasteiger partial charge in [-0.15, -0.1) is 0 Å². The molecule has 20 heavy (non-hydrogen) atoms. The maximum atomic E-state index is 5.94. The minimum absolute atomic E-state index is 0.213. The summed E-state index contributed by atoms with van der Waals surface area (Å²) in [7, 11) is 1.82. The summed E-state index contributed by atoms with van der Waals surface area (Å²) in [6.45, 7) is 0.739. The van der Waals surface area contributed by atoms with E-state index < -0.39 is 0 Å². The van der Waals surface area contributed by atoms with E-state index in [0.717, 1.165) is 18.4 Å². The number of pyridine rings is 1. The first-order valence-electron chi connectivity index (χ1n) is 6.22. The summed E-state index contributed by atoms with van der Waals surface area (Å²) in [5.74, 6) is 0.706. The second-order valence-electron chi connectivity index (χ2n) is 4.38. The number of aryl methyl sites for hydroxylation is 1. The maximum absolute atomic E-state index is 5.94. The zero-order valence-corrected chi connectivity index (χ0v) is 11.7. The fourth-order valence-corrected chi connectivity index (χ4v) is 2.17. The lowest BCUT2D eigenvalue weighted by molar-refractivity contribution is 0.785. The van der Waals surface area contributed by atoms with Crippen molar-refractivity contribution in [2.75, 3.05) is 11.9 Å². The Labute approximate surface area is 120 Å². The van der Waals surface area contributed by atoms with Crippen molar-refractivity contribution in [2.24, 2.45) is 7.05 Å². The molecule has 3 aromatic rings. The fourth-order valence-electron chi connectivity index (χ4n) is 2.00. The number of nitrogens with one attached hydrogen (secondary N) is 1. The van der Waals surface area contributed by atoms with Crippen LogP contribution in [0.15, 0.2) is 30.7 Å². The molecule has 3 heterocycles. The van der Waals surface area contributed by atoms with E-state index in [4.69, 9.17) is 11.6 Å². The Balaban J connectivity index is 1.77. The van der Waals surface area contributed by atoms with E-state index in [1.165, 1.54) is 5.56 Å². The average Bonchev–Trinajstić information content (AvgIpc) is 2.82. The normalized spacial score (nSPS) is 10.9. The number of anilines is 1. The van der Waals surface area contributed by atoms with Crippen LogP contribution in [0.3, 0.4) is 0 Å². The largest absolute Gasteiger partial charge is 0.369 e. The summed E-state index contributed by atoms with van der Waals surface area (Å²) in [4.78, 5) is 12.5. The first kappa shape index (κ1) is 12.8. The highest BCUT2D eigenvalue weighted by Gasteiger charge is 2.10. The molecule has 0 atom stereocenters. The van der Waals surface area contributed by atoms with Gasteiger partial charge in [0, 0.05) is 26.0 Å². The first-order valence-corrected chi connectivity index (χ1v) is 6.60. The van der Waals surface area contributed by atoms with Gasteiger partial charge in [0.05, 0.1) is 11.6 Å². The number of nitrogens with zero attached hydrogens (tertiary/aromatic N) is 5. The zero-order valence-electron chi connectivity index (χ0n) is 10.9. The van der Waals surface area contributed by atoms with Crippen LogP contribution in [0, 0.1) is 0 Å². The van der Waals surface area contributed by atoms with Gasteiger partial charge in [0.1, 0.15) is 5.82 Å². The minimum atomic E-state index is 0.213. The summed E-state index contributed by atoms with van der Waals surface area (Å²) < 4.78 is 1.68. The smallest absolute Gasteiger partial charge is 0.226 e. The molecule has 0 bridgehead atoms. The minimum Gasteiger partial charge on any atom is -0.369 e. The molecule has 0 fully saturated rings. The quantitative estimate of drug-likeness (QED) is 0.744. The second-order valence-corrected chi connectivity index (χ2v) is 4.72. The molecule has 0 saturated heterocycles. The van der Waals surface area contributed by atoms with Crippen LogP contribution in [-0.4, -0.2) is 31.3 Å². The first-order chi connectivity index (χ1) is 9.74. The lowest BCUT2D eigenvalue weighted by atomic mass is 10.2. The van der Waals surface area contributed by atoms with Gasteiger partial charge in [0.25, 0.3) is 0 Å². The Bertz CT molecular complexity index is 724. The lowest BCUT2D eigenvalue weighted by Crippen LogP contribution is -2.07. The van der Waals surface area contributed by atoms with Crippen LogP contribution in [0.1, 0.15) is 5.56 Å². The van der Waals surface area contributed by atoms with Crippen molar-refractivity contribution in [2.45, 2.75) is 6.42 Å². The van der Waals surface area contributed by atoms with Gasteiger partial charge in [-0.1, -0.05) is 6.07 Å². The van der Waals surface area contributed by atoms with E-state index >= 15 is 0 Å². The Morgan fingerprint density at radius 2 is 2.20 bits per heavy atom. The van der Waals surface area contributed by atoms with Gasteiger partial charge in [0.2, 0.25) is 5.28 Å². The van der Waals surface area contributed by atoms with Gasteiger partial charge in [-0.2, -0.15) is 15.1 Å². The lowest BCUT2D eigenvalue weighted by Gasteiger charge is -2.07. The van der Waals surface area contributed by atoms with Crippen LogP contribution in [-0.2, 0) is 13.5 Å². The van der Waals surface area contributed by atoms with Crippen LogP contribution in [0.25, 0.3) is 11.0 Å². The zero-order chi connectivity index (χ0) is 13.9. The molecule has 0 aromatic carbocycles. The van der Waals surface area contributed by atoms with E-state index in [1.807, 2.05) is 25.4 Å². The van der Waals surface area contributed by atoms with E-state index in [0.29, 0.717) is 11.5 Å². The third-order valence-electron chi connectivity index (χ3n) is 2.99. The topological polar surface area (TPSA) is 68.5 Å². The number of aromatic nitrogens is 5. The van der Waals surface area contributed by atoms with E-state index in [-0.39, 0.29) is 5.28 Å². The fraction of sp³-hybridized carbons (Fsp3) is 0.231. The SMILES string of the molecule is Cn1ncc2c(NCCc3cccnc3)nc(Cl)nc21. The average molecular weight is 289 g/mol. The molecule has 102 valence electrons. The van der Waals surface area contributed by atoms with Crippen molar-refractivity contribution in [1.82, 2.24) is 24.7 Å². The van der Waals surface area contributed by atoms with Crippen LogP contribution in [0.5, 0.6) is 0 Å². The third kappa shape index (κ3) is 2.55. The Morgan fingerprint density at radius 1 is 1.30 bits per heavy atom. The molecule has 6 nitrogen and oxygen atoms in total. The standard InChI is InChI=1S/C13H13ClN6/c1-20-12-10(8-17-20)11(18-13(14)19-12)16-6-4-9-3-2-5-15-7-9/h2-3,5,7-8H,4,6H2,1H3,(H,16,18,19). The van der Waals surface area contributed by atoms with Crippen LogP contribution in [0.4, 0.5) is 5.82 Å².